The highest BCUT2D eigenvalue weighted by Crippen LogP contribution is 2.27. The summed E-state index contributed by atoms with van der Waals surface area (Å²) < 4.78 is 29.9. The molecule has 10 heteroatoms. The average molecular weight is 403 g/mol. The van der Waals surface area contributed by atoms with Crippen LogP contribution in [0, 0.1) is 0 Å². The van der Waals surface area contributed by atoms with Crippen molar-refractivity contribution in [2.24, 2.45) is 0 Å². The third-order valence-electron chi connectivity index (χ3n) is 5.01. The summed E-state index contributed by atoms with van der Waals surface area (Å²) in [5, 5.41) is 7.66. The van der Waals surface area contributed by atoms with Crippen LogP contribution in [0.3, 0.4) is 0 Å². The lowest BCUT2D eigenvalue weighted by molar-refractivity contribution is 0.0948. The lowest BCUT2D eigenvalue weighted by Crippen LogP contribution is -2.37. The van der Waals surface area contributed by atoms with Crippen molar-refractivity contribution < 1.29 is 17.7 Å². The van der Waals surface area contributed by atoms with Crippen LogP contribution in [0.4, 0.5) is 0 Å². The number of hydrogen-bond acceptors (Lipinski definition) is 6. The minimum atomic E-state index is -3.16. The number of rotatable bonds is 5. The van der Waals surface area contributed by atoms with E-state index in [-0.39, 0.29) is 18.4 Å². The Bertz CT molecular complexity index is 1100. The van der Waals surface area contributed by atoms with Gasteiger partial charge in [0.2, 0.25) is 15.9 Å². The fourth-order valence-corrected chi connectivity index (χ4v) is 4.36. The first-order chi connectivity index (χ1) is 13.4. The third kappa shape index (κ3) is 3.78. The Morgan fingerprint density at radius 1 is 1.32 bits per heavy atom. The van der Waals surface area contributed by atoms with Gasteiger partial charge in [0.05, 0.1) is 12.8 Å². The maximum Gasteiger partial charge on any atom is 0.252 e. The molecule has 1 aliphatic heterocycles. The molecule has 28 heavy (non-hydrogen) atoms. The first kappa shape index (κ1) is 18.6. The molecule has 148 valence electrons. The van der Waals surface area contributed by atoms with Gasteiger partial charge in [-0.05, 0) is 31.0 Å². The van der Waals surface area contributed by atoms with Gasteiger partial charge in [0, 0.05) is 41.7 Å². The zero-order valence-corrected chi connectivity index (χ0v) is 16.2. The van der Waals surface area contributed by atoms with Crippen LogP contribution >= 0.6 is 0 Å². The van der Waals surface area contributed by atoms with Crippen LogP contribution in [0.25, 0.3) is 10.9 Å². The second kappa shape index (κ2) is 7.36. The molecule has 0 atom stereocenters. The molecule has 0 saturated carbocycles. The van der Waals surface area contributed by atoms with Crippen LogP contribution in [0.5, 0.6) is 0 Å². The zero-order valence-electron chi connectivity index (χ0n) is 15.4. The van der Waals surface area contributed by atoms with Crippen molar-refractivity contribution in [3.63, 3.8) is 0 Å². The number of piperidine rings is 1. The van der Waals surface area contributed by atoms with E-state index in [1.54, 1.807) is 12.3 Å². The molecule has 0 bridgehead atoms. The molecule has 0 unspecified atom stereocenters. The van der Waals surface area contributed by atoms with E-state index in [1.165, 1.54) is 10.6 Å². The first-order valence-corrected chi connectivity index (χ1v) is 10.9. The summed E-state index contributed by atoms with van der Waals surface area (Å²) in [6.07, 6.45) is 4.30. The van der Waals surface area contributed by atoms with E-state index >= 15 is 0 Å². The average Bonchev–Trinajstić information content (AvgIpc) is 3.34. The minimum absolute atomic E-state index is 0.0554. The highest BCUT2D eigenvalue weighted by Gasteiger charge is 2.28. The van der Waals surface area contributed by atoms with Crippen LogP contribution in [0.2, 0.25) is 0 Å². The summed E-state index contributed by atoms with van der Waals surface area (Å²) in [7, 11) is -3.16. The van der Waals surface area contributed by atoms with Crippen molar-refractivity contribution in [1.82, 2.24) is 24.7 Å². The largest absolute Gasteiger partial charge is 0.361 e. The molecule has 2 aromatic heterocycles. The molecule has 0 radical (unpaired) electrons. The van der Waals surface area contributed by atoms with Crippen molar-refractivity contribution >= 4 is 26.8 Å². The maximum absolute atomic E-state index is 12.5. The number of nitrogens with one attached hydrogen (secondary N) is 2. The van der Waals surface area contributed by atoms with E-state index in [0.717, 1.165) is 10.9 Å². The van der Waals surface area contributed by atoms with Gasteiger partial charge < -0.3 is 14.8 Å². The fraction of sp³-hybridized carbons (Fsp3) is 0.389. The molecule has 4 rings (SSSR count). The fourth-order valence-electron chi connectivity index (χ4n) is 3.49. The van der Waals surface area contributed by atoms with E-state index in [4.69, 9.17) is 4.52 Å². The van der Waals surface area contributed by atoms with Crippen LogP contribution in [0.15, 0.2) is 35.0 Å². The van der Waals surface area contributed by atoms with Gasteiger partial charge in [-0.15, -0.1) is 0 Å². The minimum Gasteiger partial charge on any atom is -0.361 e. The molecular formula is C18H21N5O4S. The molecule has 1 aliphatic rings. The molecule has 0 spiro atoms. The Morgan fingerprint density at radius 3 is 2.86 bits per heavy atom. The molecule has 2 N–H and O–H groups in total. The summed E-state index contributed by atoms with van der Waals surface area (Å²) >= 11 is 0. The van der Waals surface area contributed by atoms with Gasteiger partial charge in [-0.3, -0.25) is 4.79 Å². The van der Waals surface area contributed by atoms with Crippen molar-refractivity contribution in [1.29, 1.82) is 0 Å². The normalized spacial score (nSPS) is 16.5. The highest BCUT2D eigenvalue weighted by molar-refractivity contribution is 7.88. The molecule has 1 aromatic carbocycles. The number of fused-ring (bicyclic) bond motifs is 1. The van der Waals surface area contributed by atoms with Gasteiger partial charge in [0.15, 0.2) is 5.82 Å². The molecule has 0 aliphatic carbocycles. The van der Waals surface area contributed by atoms with Crippen molar-refractivity contribution in [2.75, 3.05) is 19.3 Å². The summed E-state index contributed by atoms with van der Waals surface area (Å²) in [6.45, 7) is 1.03. The predicted octanol–water partition coefficient (Wildman–Crippen LogP) is 1.62. The smallest absolute Gasteiger partial charge is 0.252 e. The van der Waals surface area contributed by atoms with Crippen molar-refractivity contribution in [3.05, 3.63) is 47.7 Å². The first-order valence-electron chi connectivity index (χ1n) is 9.04. The van der Waals surface area contributed by atoms with Crippen molar-refractivity contribution in [3.8, 4) is 0 Å². The van der Waals surface area contributed by atoms with E-state index in [2.05, 4.69) is 20.4 Å². The van der Waals surface area contributed by atoms with Gasteiger partial charge >= 0.3 is 0 Å². The number of carbonyl (C=O) groups excluding carboxylic acids is 1. The van der Waals surface area contributed by atoms with Crippen LogP contribution < -0.4 is 5.32 Å². The maximum atomic E-state index is 12.5. The Balaban J connectivity index is 1.37. The van der Waals surface area contributed by atoms with Crippen LogP contribution in [-0.2, 0) is 16.6 Å². The van der Waals surface area contributed by atoms with Gasteiger partial charge in [-0.25, -0.2) is 12.7 Å². The van der Waals surface area contributed by atoms with Gasteiger partial charge in [0.25, 0.3) is 5.91 Å². The topological polar surface area (TPSA) is 121 Å². The number of hydrogen-bond donors (Lipinski definition) is 2. The molecule has 3 aromatic rings. The van der Waals surface area contributed by atoms with Gasteiger partial charge in [-0.2, -0.15) is 4.98 Å². The second-order valence-corrected chi connectivity index (χ2v) is 8.89. The Hall–Kier alpha value is -2.72. The Morgan fingerprint density at radius 2 is 2.11 bits per heavy atom. The number of carbonyl (C=O) groups is 1. The quantitative estimate of drug-likeness (QED) is 0.668. The summed E-state index contributed by atoms with van der Waals surface area (Å²) in [5.74, 6) is 0.728. The van der Waals surface area contributed by atoms with E-state index in [1.807, 2.05) is 18.2 Å². The highest BCUT2D eigenvalue weighted by atomic mass is 32.2. The van der Waals surface area contributed by atoms with E-state index in [9.17, 15) is 13.2 Å². The standard InChI is InChI=1S/C18H21N5O4S/c1-28(25,26)23-9-6-12(7-10-23)17-21-16(27-22-17)11-20-18(24)14-3-2-4-15-13(14)5-8-19-15/h2-5,8,12,19H,6-7,9-11H2,1H3,(H,20,24). The van der Waals surface area contributed by atoms with Crippen LogP contribution in [-0.4, -0.2) is 53.1 Å². The number of sulfonamides is 1. The molecular weight excluding hydrogens is 382 g/mol. The van der Waals surface area contributed by atoms with Crippen LogP contribution in [0.1, 0.15) is 40.8 Å². The summed E-state index contributed by atoms with van der Waals surface area (Å²) in [4.78, 5) is 19.9. The number of benzene rings is 1. The molecule has 3 heterocycles. The number of nitrogens with zero attached hydrogens (tertiary/aromatic N) is 3. The van der Waals surface area contributed by atoms with Crippen molar-refractivity contribution in [2.45, 2.75) is 25.3 Å². The molecule has 1 saturated heterocycles. The van der Waals surface area contributed by atoms with E-state index in [0.29, 0.717) is 43.2 Å². The number of amides is 1. The monoisotopic (exact) mass is 403 g/mol. The Labute approximate surface area is 162 Å². The number of aromatic amines is 1. The zero-order chi connectivity index (χ0) is 19.7. The molecule has 1 fully saturated rings. The lowest BCUT2D eigenvalue weighted by Gasteiger charge is -2.28. The SMILES string of the molecule is CS(=O)(=O)N1CCC(c2noc(CNC(=O)c3cccc4[nH]ccc34)n2)CC1. The summed E-state index contributed by atoms with van der Waals surface area (Å²) in [6, 6.07) is 7.35. The summed E-state index contributed by atoms with van der Waals surface area (Å²) in [5.41, 5.74) is 1.47. The van der Waals surface area contributed by atoms with Gasteiger partial charge in [-0.1, -0.05) is 11.2 Å². The predicted molar refractivity (Wildman–Crippen MR) is 102 cm³/mol. The Kier molecular flexibility index (Phi) is 4.90. The molecule has 1 amide bonds. The van der Waals surface area contributed by atoms with Gasteiger partial charge in [0.1, 0.15) is 0 Å². The third-order valence-corrected chi connectivity index (χ3v) is 6.31. The number of H-pyrrole nitrogens is 1. The number of aromatic nitrogens is 3. The molecule has 9 nitrogen and oxygen atoms in total. The second-order valence-electron chi connectivity index (χ2n) is 6.91. The van der Waals surface area contributed by atoms with E-state index < -0.39 is 10.0 Å². The lowest BCUT2D eigenvalue weighted by atomic mass is 9.98.